The van der Waals surface area contributed by atoms with Crippen LogP contribution in [0.5, 0.6) is 0 Å². The first-order chi connectivity index (χ1) is 10.3. The summed E-state index contributed by atoms with van der Waals surface area (Å²) in [5.74, 6) is -0.468. The van der Waals surface area contributed by atoms with Gasteiger partial charge < -0.3 is 11.1 Å². The highest BCUT2D eigenvalue weighted by atomic mass is 35.5. The van der Waals surface area contributed by atoms with Gasteiger partial charge in [0.15, 0.2) is 0 Å². The molecule has 0 unspecified atom stereocenters. The monoisotopic (exact) mass is 349 g/mol. The number of hydrogen-bond donors (Lipinski definition) is 2. The Labute approximate surface area is 133 Å². The Balaban J connectivity index is 2.08. The topological polar surface area (TPSA) is 68.0 Å². The van der Waals surface area contributed by atoms with Crippen LogP contribution in [-0.2, 0) is 23.9 Å². The predicted octanol–water partition coefficient (Wildman–Crippen LogP) is 3.46. The molecule has 0 aliphatic carbocycles. The molecule has 0 aliphatic heterocycles. The number of benzene rings is 1. The number of alkyl halides is 3. The lowest BCUT2D eigenvalue weighted by molar-refractivity contribution is -0.137. The Morgan fingerprint density at radius 1 is 1.41 bits per heavy atom. The molecular weight excluding hydrogens is 339 g/mol. The van der Waals surface area contributed by atoms with E-state index in [0.29, 0.717) is 10.7 Å². The van der Waals surface area contributed by atoms with Crippen LogP contribution in [0, 0.1) is 0 Å². The lowest BCUT2D eigenvalue weighted by Crippen LogP contribution is -2.15. The third kappa shape index (κ3) is 4.19. The minimum Gasteiger partial charge on any atom is -0.326 e. The van der Waals surface area contributed by atoms with E-state index in [4.69, 9.17) is 17.3 Å². The first-order valence-electron chi connectivity index (χ1n) is 6.09. The quantitative estimate of drug-likeness (QED) is 0.888. The zero-order chi connectivity index (χ0) is 16.3. The van der Waals surface area contributed by atoms with E-state index in [9.17, 15) is 18.0 Å². The van der Waals surface area contributed by atoms with Gasteiger partial charge >= 0.3 is 6.18 Å². The summed E-state index contributed by atoms with van der Waals surface area (Å²) >= 11 is 6.84. The van der Waals surface area contributed by atoms with Gasteiger partial charge in [-0.15, -0.1) is 11.3 Å². The smallest absolute Gasteiger partial charge is 0.326 e. The van der Waals surface area contributed by atoms with Crippen LogP contribution in [0.1, 0.15) is 16.3 Å². The number of hydrogen-bond acceptors (Lipinski definition) is 4. The molecule has 118 valence electrons. The van der Waals surface area contributed by atoms with Crippen molar-refractivity contribution in [3.8, 4) is 0 Å². The van der Waals surface area contributed by atoms with Gasteiger partial charge in [0.2, 0.25) is 5.91 Å². The van der Waals surface area contributed by atoms with Crippen molar-refractivity contribution in [1.29, 1.82) is 0 Å². The average Bonchev–Trinajstić information content (AvgIpc) is 2.87. The second-order valence-corrected chi connectivity index (χ2v) is 5.70. The predicted molar refractivity (Wildman–Crippen MR) is 78.8 cm³/mol. The van der Waals surface area contributed by atoms with E-state index in [2.05, 4.69) is 10.3 Å². The fraction of sp³-hybridized carbons (Fsp3) is 0.231. The van der Waals surface area contributed by atoms with Crippen molar-refractivity contribution >= 4 is 34.5 Å². The van der Waals surface area contributed by atoms with Crippen molar-refractivity contribution in [3.63, 3.8) is 0 Å². The largest absolute Gasteiger partial charge is 0.417 e. The average molecular weight is 350 g/mol. The second-order valence-electron chi connectivity index (χ2n) is 4.35. The van der Waals surface area contributed by atoms with Crippen LogP contribution < -0.4 is 11.1 Å². The summed E-state index contributed by atoms with van der Waals surface area (Å²) in [6.07, 6.45) is -4.62. The van der Waals surface area contributed by atoms with E-state index in [1.54, 1.807) is 5.38 Å². The number of nitrogens with zero attached hydrogens (tertiary/aromatic N) is 1. The van der Waals surface area contributed by atoms with E-state index >= 15 is 0 Å². The second kappa shape index (κ2) is 6.64. The number of halogens is 4. The number of anilines is 1. The fourth-order valence-corrected chi connectivity index (χ4v) is 2.61. The Hall–Kier alpha value is -1.64. The molecule has 4 nitrogen and oxygen atoms in total. The van der Waals surface area contributed by atoms with Crippen LogP contribution in [0.3, 0.4) is 0 Å². The first-order valence-corrected chi connectivity index (χ1v) is 7.35. The normalized spacial score (nSPS) is 11.5. The molecule has 9 heteroatoms. The summed E-state index contributed by atoms with van der Waals surface area (Å²) < 4.78 is 38.2. The summed E-state index contributed by atoms with van der Waals surface area (Å²) in [7, 11) is 0. The molecule has 1 heterocycles. The third-order valence-electron chi connectivity index (χ3n) is 2.67. The summed E-state index contributed by atoms with van der Waals surface area (Å²) in [6, 6.07) is 3.20. The van der Waals surface area contributed by atoms with Crippen LogP contribution in [0.2, 0.25) is 5.02 Å². The molecule has 0 spiro atoms. The highest BCUT2D eigenvalue weighted by molar-refractivity contribution is 7.09. The molecule has 0 aliphatic rings. The standard InChI is InChI=1S/C13H11ClF3N3OS/c14-10-2-1-7(3-9(10)13(15,16)17)19-11(21)4-8-6-22-12(5-18)20-8/h1-3,6H,4-5,18H2,(H,19,21). The molecule has 0 bridgehead atoms. The Morgan fingerprint density at radius 2 is 2.14 bits per heavy atom. The molecule has 3 N–H and O–H groups in total. The zero-order valence-electron chi connectivity index (χ0n) is 11.1. The minimum absolute atomic E-state index is 0.0241. The van der Waals surface area contributed by atoms with Gasteiger partial charge in [-0.25, -0.2) is 4.98 Å². The number of nitrogens with one attached hydrogen (secondary N) is 1. The van der Waals surface area contributed by atoms with Gasteiger partial charge in [-0.3, -0.25) is 4.79 Å². The maximum atomic E-state index is 12.7. The molecule has 0 saturated heterocycles. The van der Waals surface area contributed by atoms with Crippen molar-refractivity contribution in [2.75, 3.05) is 5.32 Å². The molecule has 1 aromatic carbocycles. The summed E-state index contributed by atoms with van der Waals surface area (Å²) in [4.78, 5) is 15.9. The van der Waals surface area contributed by atoms with Gasteiger partial charge in [0.25, 0.3) is 0 Å². The van der Waals surface area contributed by atoms with Crippen LogP contribution >= 0.6 is 22.9 Å². The highest BCUT2D eigenvalue weighted by Gasteiger charge is 2.33. The van der Waals surface area contributed by atoms with Gasteiger partial charge in [0.1, 0.15) is 5.01 Å². The van der Waals surface area contributed by atoms with Crippen LogP contribution in [0.25, 0.3) is 0 Å². The van der Waals surface area contributed by atoms with E-state index in [-0.39, 0.29) is 18.7 Å². The molecular formula is C13H11ClF3N3OS. The number of nitrogens with two attached hydrogens (primary N) is 1. The maximum Gasteiger partial charge on any atom is 0.417 e. The first kappa shape index (κ1) is 16.7. The summed E-state index contributed by atoms with van der Waals surface area (Å²) in [6.45, 7) is 0.276. The molecule has 1 aromatic heterocycles. The molecule has 22 heavy (non-hydrogen) atoms. The highest BCUT2D eigenvalue weighted by Crippen LogP contribution is 2.36. The van der Waals surface area contributed by atoms with E-state index < -0.39 is 22.7 Å². The number of amides is 1. The third-order valence-corrected chi connectivity index (χ3v) is 3.92. The lowest BCUT2D eigenvalue weighted by atomic mass is 10.2. The van der Waals surface area contributed by atoms with E-state index in [1.165, 1.54) is 17.4 Å². The number of aromatic nitrogens is 1. The van der Waals surface area contributed by atoms with Gasteiger partial charge in [-0.1, -0.05) is 11.6 Å². The SMILES string of the molecule is NCc1nc(CC(=O)Nc2ccc(Cl)c(C(F)(F)F)c2)cs1. The van der Waals surface area contributed by atoms with Crippen molar-refractivity contribution in [1.82, 2.24) is 4.98 Å². The van der Waals surface area contributed by atoms with Crippen LogP contribution in [0.15, 0.2) is 23.6 Å². The zero-order valence-corrected chi connectivity index (χ0v) is 12.6. The molecule has 0 atom stereocenters. The number of carbonyl (C=O) groups excluding carboxylic acids is 1. The number of carbonyl (C=O) groups is 1. The van der Waals surface area contributed by atoms with Crippen molar-refractivity contribution in [3.05, 3.63) is 44.9 Å². The van der Waals surface area contributed by atoms with Crippen molar-refractivity contribution < 1.29 is 18.0 Å². The number of thiazole rings is 1. The fourth-order valence-electron chi connectivity index (χ4n) is 1.71. The van der Waals surface area contributed by atoms with Crippen LogP contribution in [0.4, 0.5) is 18.9 Å². The maximum absolute atomic E-state index is 12.7. The van der Waals surface area contributed by atoms with Crippen molar-refractivity contribution in [2.45, 2.75) is 19.1 Å². The molecule has 2 aromatic rings. The minimum atomic E-state index is -4.58. The molecule has 0 saturated carbocycles. The summed E-state index contributed by atoms with van der Waals surface area (Å²) in [5.41, 5.74) is 4.97. The Morgan fingerprint density at radius 3 is 2.73 bits per heavy atom. The van der Waals surface area contributed by atoms with Gasteiger partial charge in [-0.05, 0) is 18.2 Å². The molecule has 2 rings (SSSR count). The van der Waals surface area contributed by atoms with E-state index in [0.717, 1.165) is 12.1 Å². The molecule has 0 fully saturated rings. The van der Waals surface area contributed by atoms with Gasteiger partial charge in [0.05, 0.1) is 22.7 Å². The van der Waals surface area contributed by atoms with Gasteiger partial charge in [-0.2, -0.15) is 13.2 Å². The number of rotatable bonds is 4. The van der Waals surface area contributed by atoms with Gasteiger partial charge in [0, 0.05) is 17.6 Å². The molecule has 1 amide bonds. The lowest BCUT2D eigenvalue weighted by Gasteiger charge is -2.11. The Kier molecular flexibility index (Phi) is 5.05. The molecule has 0 radical (unpaired) electrons. The Bertz CT molecular complexity index is 687. The summed E-state index contributed by atoms with van der Waals surface area (Å²) in [5, 5.41) is 4.35. The van der Waals surface area contributed by atoms with Crippen LogP contribution in [-0.4, -0.2) is 10.9 Å². The van der Waals surface area contributed by atoms with E-state index in [1.807, 2.05) is 0 Å². The van der Waals surface area contributed by atoms with Crippen molar-refractivity contribution in [2.24, 2.45) is 5.73 Å².